The van der Waals surface area contributed by atoms with Crippen molar-refractivity contribution in [2.75, 3.05) is 11.5 Å². The van der Waals surface area contributed by atoms with Crippen LogP contribution in [0.3, 0.4) is 0 Å². The Balaban J connectivity index is 3.49. The highest BCUT2D eigenvalue weighted by Crippen LogP contribution is 2.13. The molecule has 0 aromatic carbocycles. The molecule has 1 aromatic heterocycles. The van der Waals surface area contributed by atoms with E-state index in [-0.39, 0.29) is 11.6 Å². The normalized spacial score (nSPS) is 9.67. The van der Waals surface area contributed by atoms with Gasteiger partial charge in [-0.2, -0.15) is 0 Å². The summed E-state index contributed by atoms with van der Waals surface area (Å²) in [5.74, 6) is -0.326. The van der Waals surface area contributed by atoms with Crippen molar-refractivity contribution in [3.63, 3.8) is 0 Å². The third-order valence-electron chi connectivity index (χ3n) is 1.24. The van der Waals surface area contributed by atoms with E-state index in [1.807, 2.05) is 0 Å². The van der Waals surface area contributed by atoms with Crippen LogP contribution < -0.4 is 16.9 Å². The van der Waals surface area contributed by atoms with Gasteiger partial charge in [0.2, 0.25) is 0 Å². The van der Waals surface area contributed by atoms with Crippen LogP contribution >= 0.6 is 0 Å². The lowest BCUT2D eigenvalue weighted by atomic mass is 10.3. The van der Waals surface area contributed by atoms with E-state index >= 15 is 0 Å². The first-order chi connectivity index (χ1) is 5.52. The minimum absolute atomic E-state index is 0.00287. The van der Waals surface area contributed by atoms with Crippen molar-refractivity contribution in [1.29, 1.82) is 0 Å². The summed E-state index contributed by atoms with van der Waals surface area (Å²) < 4.78 is 0. The molecule has 7 heteroatoms. The maximum Gasteiger partial charge on any atom is 0.356 e. The summed E-state index contributed by atoms with van der Waals surface area (Å²) in [6, 6.07) is 0.911. The Morgan fingerprint density at radius 1 is 1.50 bits per heavy atom. The summed E-state index contributed by atoms with van der Waals surface area (Å²) >= 11 is 0. The summed E-state index contributed by atoms with van der Waals surface area (Å²) in [5.41, 5.74) is 8.84. The Bertz CT molecular complexity index is 383. The van der Waals surface area contributed by atoms with E-state index in [0.29, 0.717) is 0 Å². The van der Waals surface area contributed by atoms with Crippen LogP contribution in [0.4, 0.5) is 17.3 Å². The second-order valence-corrected chi connectivity index (χ2v) is 2.11. The molecule has 5 N–H and O–H groups in total. The number of nitro groups is 1. The molecule has 12 heavy (non-hydrogen) atoms. The quantitative estimate of drug-likeness (QED) is 0.384. The number of rotatable bonds is 1. The van der Waals surface area contributed by atoms with Gasteiger partial charge in [0.05, 0.1) is 4.92 Å². The molecule has 0 saturated heterocycles. The molecule has 0 aliphatic carbocycles. The van der Waals surface area contributed by atoms with Crippen LogP contribution in [0.1, 0.15) is 0 Å². The maximum absolute atomic E-state index is 10.9. The van der Waals surface area contributed by atoms with Gasteiger partial charge in [0.1, 0.15) is 5.82 Å². The number of nitrogens with two attached hydrogens (primary N) is 2. The molecule has 0 fully saturated rings. The lowest BCUT2D eigenvalue weighted by molar-refractivity contribution is -0.385. The van der Waals surface area contributed by atoms with E-state index in [4.69, 9.17) is 11.5 Å². The van der Waals surface area contributed by atoms with Crippen LogP contribution in [0.25, 0.3) is 0 Å². The Labute approximate surface area is 66.1 Å². The molecule has 0 saturated carbocycles. The first-order valence-electron chi connectivity index (χ1n) is 2.95. The molecule has 0 bridgehead atoms. The van der Waals surface area contributed by atoms with Gasteiger partial charge in [-0.05, 0) is 0 Å². The van der Waals surface area contributed by atoms with Crippen molar-refractivity contribution < 1.29 is 4.92 Å². The van der Waals surface area contributed by atoms with Crippen LogP contribution in [-0.2, 0) is 0 Å². The summed E-state index contributed by atoms with van der Waals surface area (Å²) in [6.07, 6.45) is 0. The van der Waals surface area contributed by atoms with Gasteiger partial charge < -0.3 is 16.5 Å². The number of hydrogen-bond donors (Lipinski definition) is 3. The average Bonchev–Trinajstić information content (AvgIpc) is 1.82. The van der Waals surface area contributed by atoms with Crippen LogP contribution in [0, 0.1) is 10.1 Å². The van der Waals surface area contributed by atoms with Crippen molar-refractivity contribution in [3.05, 3.63) is 26.4 Å². The standard InChI is InChI=1S/C5H6N4O3/c6-3-1-2(10)4(9(11)12)5(7)8-3/h1H,(H5,6,7,8,10). The number of hydrogen-bond acceptors (Lipinski definition) is 5. The van der Waals surface area contributed by atoms with E-state index in [1.54, 1.807) is 0 Å². The first-order valence-corrected chi connectivity index (χ1v) is 2.95. The Morgan fingerprint density at radius 3 is 2.50 bits per heavy atom. The molecule has 1 heterocycles. The van der Waals surface area contributed by atoms with Crippen molar-refractivity contribution in [3.8, 4) is 0 Å². The molecule has 0 aliphatic rings. The number of nitrogen functional groups attached to an aromatic ring is 2. The monoisotopic (exact) mass is 170 g/mol. The number of anilines is 2. The van der Waals surface area contributed by atoms with E-state index in [9.17, 15) is 14.9 Å². The molecule has 1 rings (SSSR count). The lowest BCUT2D eigenvalue weighted by Gasteiger charge is -1.97. The van der Waals surface area contributed by atoms with Crippen molar-refractivity contribution in [2.45, 2.75) is 0 Å². The number of aromatic amines is 1. The predicted molar refractivity (Wildman–Crippen MR) is 42.5 cm³/mol. The van der Waals surface area contributed by atoms with E-state index in [1.165, 1.54) is 0 Å². The van der Waals surface area contributed by atoms with Crippen LogP contribution in [0.2, 0.25) is 0 Å². The number of nitrogens with one attached hydrogen (secondary N) is 1. The molecular formula is C5H6N4O3. The zero-order valence-corrected chi connectivity index (χ0v) is 5.90. The fraction of sp³-hybridized carbons (Fsp3) is 0. The zero-order valence-electron chi connectivity index (χ0n) is 5.90. The van der Waals surface area contributed by atoms with Crippen molar-refractivity contribution in [1.82, 2.24) is 4.98 Å². The predicted octanol–water partition coefficient (Wildman–Crippen LogP) is -0.553. The highest BCUT2D eigenvalue weighted by atomic mass is 16.6. The molecule has 64 valence electrons. The third-order valence-corrected chi connectivity index (χ3v) is 1.24. The van der Waals surface area contributed by atoms with Crippen LogP contribution in [0.15, 0.2) is 10.9 Å². The molecule has 0 radical (unpaired) electrons. The van der Waals surface area contributed by atoms with Crippen molar-refractivity contribution >= 4 is 17.3 Å². The highest BCUT2D eigenvalue weighted by Gasteiger charge is 2.17. The van der Waals surface area contributed by atoms with Gasteiger partial charge in [-0.3, -0.25) is 14.9 Å². The Hall–Kier alpha value is -2.05. The van der Waals surface area contributed by atoms with Gasteiger partial charge in [0, 0.05) is 6.07 Å². The number of aromatic nitrogens is 1. The van der Waals surface area contributed by atoms with Crippen molar-refractivity contribution in [2.24, 2.45) is 0 Å². The zero-order chi connectivity index (χ0) is 9.30. The molecule has 1 aromatic rings. The topological polar surface area (TPSA) is 128 Å². The summed E-state index contributed by atoms with van der Waals surface area (Å²) in [6.45, 7) is 0. The van der Waals surface area contributed by atoms with Crippen LogP contribution in [-0.4, -0.2) is 9.91 Å². The average molecular weight is 170 g/mol. The molecule has 0 amide bonds. The summed E-state index contributed by atoms with van der Waals surface area (Å²) in [5, 5.41) is 10.2. The largest absolute Gasteiger partial charge is 0.385 e. The van der Waals surface area contributed by atoms with Gasteiger partial charge in [-0.25, -0.2) is 0 Å². The maximum atomic E-state index is 10.9. The first kappa shape index (κ1) is 8.05. The number of pyridine rings is 1. The van der Waals surface area contributed by atoms with E-state index < -0.39 is 16.0 Å². The van der Waals surface area contributed by atoms with E-state index in [0.717, 1.165) is 6.07 Å². The smallest absolute Gasteiger partial charge is 0.356 e. The molecular weight excluding hydrogens is 164 g/mol. The van der Waals surface area contributed by atoms with Gasteiger partial charge in [-0.1, -0.05) is 0 Å². The fourth-order valence-corrected chi connectivity index (χ4v) is 0.781. The molecule has 0 aliphatic heterocycles. The fourth-order valence-electron chi connectivity index (χ4n) is 0.781. The minimum Gasteiger partial charge on any atom is -0.385 e. The highest BCUT2D eigenvalue weighted by molar-refractivity contribution is 5.55. The van der Waals surface area contributed by atoms with Gasteiger partial charge in [0.25, 0.3) is 5.43 Å². The van der Waals surface area contributed by atoms with E-state index in [2.05, 4.69) is 4.98 Å². The SMILES string of the molecule is Nc1cc(=O)c([N+](=O)[O-])c(N)[nH]1. The van der Waals surface area contributed by atoms with Crippen LogP contribution in [0.5, 0.6) is 0 Å². The summed E-state index contributed by atoms with van der Waals surface area (Å²) in [4.78, 5) is 22.5. The number of H-pyrrole nitrogens is 1. The van der Waals surface area contributed by atoms with Gasteiger partial charge in [-0.15, -0.1) is 0 Å². The lowest BCUT2D eigenvalue weighted by Crippen LogP contribution is -2.13. The Kier molecular flexibility index (Phi) is 1.70. The second-order valence-electron chi connectivity index (χ2n) is 2.11. The number of nitrogens with zero attached hydrogens (tertiary/aromatic N) is 1. The molecule has 0 atom stereocenters. The third kappa shape index (κ3) is 1.19. The Morgan fingerprint density at radius 2 is 2.08 bits per heavy atom. The summed E-state index contributed by atoms with van der Waals surface area (Å²) in [7, 11) is 0. The van der Waals surface area contributed by atoms with Gasteiger partial charge in [0.15, 0.2) is 5.82 Å². The molecule has 0 unspecified atom stereocenters. The molecule has 7 nitrogen and oxygen atoms in total. The minimum atomic E-state index is -0.854. The van der Waals surface area contributed by atoms with Gasteiger partial charge >= 0.3 is 5.69 Å². The second kappa shape index (κ2) is 2.53. The molecule has 0 spiro atoms.